The van der Waals surface area contributed by atoms with Crippen LogP contribution in [0.15, 0.2) is 115 Å². The molecular weight excluding hydrogens is 1270 g/mol. The third-order valence-electron chi connectivity index (χ3n) is 14.2. The van der Waals surface area contributed by atoms with Gasteiger partial charge in [-0.15, -0.1) is 0 Å². The predicted octanol–water partition coefficient (Wildman–Crippen LogP) is 9.79. The highest BCUT2D eigenvalue weighted by atomic mass is 19.2. The lowest BCUT2D eigenvalue weighted by Crippen LogP contribution is -2.28. The van der Waals surface area contributed by atoms with Crippen LogP contribution in [0.2, 0.25) is 0 Å². The smallest absolute Gasteiger partial charge is 0.413 e. The average molecular weight is 1330 g/mol. The minimum Gasteiger partial charge on any atom is -0.453 e. The van der Waals surface area contributed by atoms with E-state index in [0.717, 1.165) is 24.1 Å². The monoisotopic (exact) mass is 1330 g/mol. The van der Waals surface area contributed by atoms with Crippen LogP contribution in [0.25, 0.3) is 67.3 Å². The molecular formula is C61H51F8N21O6. The Morgan fingerprint density at radius 2 is 0.781 bits per heavy atom. The third kappa shape index (κ3) is 13.6. The number of carbonyl (C=O) groups is 3. The molecule has 96 heavy (non-hydrogen) atoms. The number of nitrogens with zero attached hydrogens (tertiary/aromatic N) is 13. The van der Waals surface area contributed by atoms with Crippen LogP contribution in [0.5, 0.6) is 0 Å². The van der Waals surface area contributed by atoms with Crippen molar-refractivity contribution in [2.45, 2.75) is 19.6 Å². The van der Waals surface area contributed by atoms with Gasteiger partial charge in [0.1, 0.15) is 80.1 Å². The lowest BCUT2D eigenvalue weighted by molar-refractivity contribution is 0.180. The van der Waals surface area contributed by atoms with Gasteiger partial charge in [-0.2, -0.15) is 15.3 Å². The van der Waals surface area contributed by atoms with Gasteiger partial charge in [0.2, 0.25) is 0 Å². The van der Waals surface area contributed by atoms with E-state index in [0.29, 0.717) is 28.6 Å². The van der Waals surface area contributed by atoms with Gasteiger partial charge in [-0.25, -0.2) is 79.4 Å². The number of rotatable bonds is 12. The highest BCUT2D eigenvalue weighted by Crippen LogP contribution is 2.37. The molecule has 0 aliphatic heterocycles. The minimum atomic E-state index is -0.903. The molecule has 0 fully saturated rings. The number of methoxy groups -OCH3 is 3. The fourth-order valence-corrected chi connectivity index (χ4v) is 9.76. The Bertz CT molecular complexity index is 4970. The molecule has 0 radical (unpaired) electrons. The Kier molecular flexibility index (Phi) is 18.9. The topological polar surface area (TPSA) is 393 Å². The maximum absolute atomic E-state index is 14.8. The quantitative estimate of drug-likeness (QED) is 0.0416. The van der Waals surface area contributed by atoms with E-state index in [1.54, 1.807) is 30.3 Å². The molecule has 0 aliphatic rings. The first-order valence-corrected chi connectivity index (χ1v) is 27.8. The van der Waals surface area contributed by atoms with Gasteiger partial charge in [0.15, 0.2) is 64.0 Å². The highest BCUT2D eigenvalue weighted by molar-refractivity contribution is 5.99. The number of carbonyl (C=O) groups excluding carboxylic acids is 3. The Hall–Kier alpha value is -13.0. The zero-order chi connectivity index (χ0) is 69.0. The van der Waals surface area contributed by atoms with Crippen LogP contribution >= 0.6 is 0 Å². The van der Waals surface area contributed by atoms with Crippen molar-refractivity contribution in [3.8, 4) is 34.6 Å². The van der Waals surface area contributed by atoms with E-state index in [4.69, 9.17) is 34.4 Å². The van der Waals surface area contributed by atoms with E-state index in [1.807, 2.05) is 0 Å². The maximum atomic E-state index is 14.8. The molecule has 0 atom stereocenters. The molecule has 35 heteroatoms. The fourth-order valence-electron chi connectivity index (χ4n) is 9.76. The minimum absolute atomic E-state index is 0.00180. The van der Waals surface area contributed by atoms with Gasteiger partial charge in [0.05, 0.1) is 46.5 Å². The molecule has 492 valence electrons. The lowest BCUT2D eigenvalue weighted by atomic mass is 10.1. The molecule has 0 saturated carbocycles. The fraction of sp³-hybridized carbons (Fsp3) is 0.115. The van der Waals surface area contributed by atoms with E-state index in [2.05, 4.69) is 70.0 Å². The summed E-state index contributed by atoms with van der Waals surface area (Å²) in [6, 6.07) is 25.6. The van der Waals surface area contributed by atoms with Gasteiger partial charge < -0.3 is 48.6 Å². The maximum Gasteiger partial charge on any atom is 0.413 e. The van der Waals surface area contributed by atoms with Crippen molar-refractivity contribution in [2.24, 2.45) is 0 Å². The average Bonchev–Trinajstić information content (AvgIpc) is 1.63. The number of halogens is 8. The second-order valence-electron chi connectivity index (χ2n) is 20.3. The molecule has 0 saturated heterocycles. The Balaban J connectivity index is 0.000000157. The zero-order valence-electron chi connectivity index (χ0n) is 50.3. The van der Waals surface area contributed by atoms with E-state index in [1.165, 1.54) is 96.0 Å². The predicted molar refractivity (Wildman–Crippen MR) is 338 cm³/mol. The van der Waals surface area contributed by atoms with Crippen LogP contribution in [0.4, 0.5) is 101 Å². The van der Waals surface area contributed by atoms with Crippen molar-refractivity contribution in [1.82, 2.24) is 59.2 Å². The Morgan fingerprint density at radius 3 is 1.16 bits per heavy atom. The summed E-state index contributed by atoms with van der Waals surface area (Å²) in [5.41, 5.74) is 36.9. The van der Waals surface area contributed by atoms with Crippen molar-refractivity contribution in [3.05, 3.63) is 178 Å². The molecule has 12 rings (SSSR count). The number of benzene rings is 6. The number of fused-ring (bicyclic) bond motifs is 3. The third-order valence-corrected chi connectivity index (χ3v) is 14.2. The van der Waals surface area contributed by atoms with E-state index >= 15 is 0 Å². The van der Waals surface area contributed by atoms with E-state index in [-0.39, 0.29) is 139 Å². The number of nitrogen functional groups attached to an aromatic ring is 6. The normalized spacial score (nSPS) is 11.0. The van der Waals surface area contributed by atoms with Crippen LogP contribution in [-0.4, -0.2) is 106 Å². The zero-order valence-corrected chi connectivity index (χ0v) is 50.3. The molecule has 6 aromatic carbocycles. The second kappa shape index (κ2) is 27.5. The number of hydrogen-bond donors (Lipinski definition) is 8. The second-order valence-corrected chi connectivity index (χ2v) is 20.3. The number of aromatic nitrogens is 12. The van der Waals surface area contributed by atoms with Crippen LogP contribution in [0.1, 0.15) is 16.7 Å². The number of ether oxygens (including phenoxy) is 3. The molecule has 0 spiro atoms. The number of amides is 3. The summed E-state index contributed by atoms with van der Waals surface area (Å²) in [4.78, 5) is 60.5. The largest absolute Gasteiger partial charge is 0.453 e. The molecule has 27 nitrogen and oxygen atoms in total. The molecule has 0 bridgehead atoms. The van der Waals surface area contributed by atoms with Crippen molar-refractivity contribution in [2.75, 3.05) is 78.3 Å². The summed E-state index contributed by atoms with van der Waals surface area (Å²) >= 11 is 0. The van der Waals surface area contributed by atoms with Gasteiger partial charge in [-0.05, 0) is 48.5 Å². The lowest BCUT2D eigenvalue weighted by Gasteiger charge is -2.18. The van der Waals surface area contributed by atoms with Crippen LogP contribution in [0.3, 0.4) is 0 Å². The number of nitrogens with one attached hydrogen (secondary N) is 2. The summed E-state index contributed by atoms with van der Waals surface area (Å²) in [5.74, 6) is -6.63. The highest BCUT2D eigenvalue weighted by Gasteiger charge is 2.27. The van der Waals surface area contributed by atoms with Crippen molar-refractivity contribution in [1.29, 1.82) is 0 Å². The van der Waals surface area contributed by atoms with Gasteiger partial charge in [0, 0.05) is 52.0 Å². The first-order valence-electron chi connectivity index (χ1n) is 27.8. The van der Waals surface area contributed by atoms with Crippen LogP contribution in [0, 0.1) is 46.5 Å². The summed E-state index contributed by atoms with van der Waals surface area (Å²) in [6.07, 6.45) is -2.39. The first kappa shape index (κ1) is 66.0. The van der Waals surface area contributed by atoms with Gasteiger partial charge in [0.25, 0.3) is 0 Å². The number of anilines is 9. The summed E-state index contributed by atoms with van der Waals surface area (Å²) in [7, 11) is 4.87. The summed E-state index contributed by atoms with van der Waals surface area (Å²) in [6.45, 7) is -0.224. The van der Waals surface area contributed by atoms with Gasteiger partial charge in [-0.1, -0.05) is 54.6 Å². The molecule has 0 unspecified atom stereocenters. The van der Waals surface area contributed by atoms with E-state index < -0.39 is 64.8 Å². The van der Waals surface area contributed by atoms with Crippen molar-refractivity contribution >= 4 is 103 Å². The van der Waals surface area contributed by atoms with Crippen molar-refractivity contribution < 1.29 is 63.7 Å². The molecule has 0 aliphatic carbocycles. The van der Waals surface area contributed by atoms with Crippen LogP contribution < -0.4 is 49.9 Å². The van der Waals surface area contributed by atoms with Crippen molar-refractivity contribution in [3.63, 3.8) is 0 Å². The summed E-state index contributed by atoms with van der Waals surface area (Å²) < 4.78 is 131. The molecule has 3 amide bonds. The van der Waals surface area contributed by atoms with E-state index in [9.17, 15) is 49.5 Å². The molecule has 14 N–H and O–H groups in total. The van der Waals surface area contributed by atoms with Gasteiger partial charge >= 0.3 is 18.3 Å². The summed E-state index contributed by atoms with van der Waals surface area (Å²) in [5, 5.41) is 18.3. The standard InChI is InChI=1S/C21H18F3N7O2.C20H16F3N7O2.C20H17F2N7O2/c1-30(21(32)33-2)17-18(25)27-20(28-19(17)26)15-12-7-11(22)8-14(24)16(12)31(29-15)9-10-5-3-4-6-13(10)23;1-32-20(31)26-15-17(24)27-19(28-18(15)25)14-11-6-10(21)7-13(23)16(11)30(29-14)8-9-4-2-3-5-12(9)22;1-31-20(30)25-16-17(23)26-19(27-18(16)24)15-12-7-6-11(21)8-14(12)29(28-15)9-10-4-2-3-5-13(10)22/h3-8H,9H2,1-2H3,(H4,25,26,27,28);2-7H,8H2,1H3,(H,26,31)(H4,24,25,27,28);2-8H,9H2,1H3,(H,25,30)(H4,23,24,26,27). The number of nitrogens with two attached hydrogens (primary N) is 6. The molecule has 6 heterocycles. The number of hydrogen-bond acceptors (Lipinski definition) is 21. The Labute approximate surface area is 535 Å². The first-order chi connectivity index (χ1) is 45.9. The van der Waals surface area contributed by atoms with Crippen LogP contribution in [-0.2, 0) is 33.8 Å². The molecule has 12 aromatic rings. The molecule has 6 aromatic heterocycles. The van der Waals surface area contributed by atoms with Gasteiger partial charge in [-0.3, -0.25) is 29.6 Å². The Morgan fingerprint density at radius 1 is 0.427 bits per heavy atom. The SMILES string of the molecule is COC(=O)N(C)c1c(N)nc(-c2nn(Cc3ccccc3F)c3c(F)cc(F)cc23)nc1N.COC(=O)Nc1c(N)nc(-c2nn(Cc3ccccc3F)c3c(F)cc(F)cc23)nc1N.COC(=O)Nc1c(N)nc(-c2nn(Cc3ccccc3F)c3cc(F)ccc23)nc1N.